The first-order valence-electron chi connectivity index (χ1n) is 5.76. The van der Waals surface area contributed by atoms with Crippen molar-refractivity contribution in [3.05, 3.63) is 34.3 Å². The number of hydrogen-bond acceptors (Lipinski definition) is 2. The van der Waals surface area contributed by atoms with Crippen LogP contribution in [0.1, 0.15) is 31.4 Å². The molecular formula is C13H18BrNO. The molecule has 0 aromatic heterocycles. The van der Waals surface area contributed by atoms with Crippen LogP contribution in [0.2, 0.25) is 0 Å². The first kappa shape index (κ1) is 12.1. The molecule has 88 valence electrons. The molecule has 1 aliphatic rings. The molecule has 0 aliphatic heterocycles. The Balaban J connectivity index is 1.93. The molecule has 1 saturated carbocycles. The Labute approximate surface area is 105 Å². The van der Waals surface area contributed by atoms with Crippen molar-refractivity contribution in [2.45, 2.75) is 25.8 Å². The van der Waals surface area contributed by atoms with E-state index in [1.807, 2.05) is 6.07 Å². The molecule has 1 unspecified atom stereocenters. The molecule has 2 nitrogen and oxygen atoms in total. The topological polar surface area (TPSA) is 32.3 Å². The summed E-state index contributed by atoms with van der Waals surface area (Å²) >= 11 is 3.56. The Kier molecular flexibility index (Phi) is 3.67. The lowest BCUT2D eigenvalue weighted by Gasteiger charge is -2.19. The fourth-order valence-electron chi connectivity index (χ4n) is 1.87. The summed E-state index contributed by atoms with van der Waals surface area (Å²) in [5.74, 6) is 0. The third-order valence-electron chi connectivity index (χ3n) is 3.45. The number of aliphatic hydroxyl groups is 1. The number of benzene rings is 1. The molecule has 0 amide bonds. The van der Waals surface area contributed by atoms with Gasteiger partial charge >= 0.3 is 0 Å². The largest absolute Gasteiger partial charge is 0.396 e. The summed E-state index contributed by atoms with van der Waals surface area (Å²) in [5.41, 5.74) is 1.45. The lowest BCUT2D eigenvalue weighted by Crippen LogP contribution is -2.28. The predicted octanol–water partition coefficient (Wildman–Crippen LogP) is 2.87. The molecule has 2 N–H and O–H groups in total. The number of nitrogens with one attached hydrogen (secondary N) is 1. The fraction of sp³-hybridized carbons (Fsp3) is 0.538. The van der Waals surface area contributed by atoms with Crippen LogP contribution < -0.4 is 5.32 Å². The van der Waals surface area contributed by atoms with Gasteiger partial charge in [0.2, 0.25) is 0 Å². The van der Waals surface area contributed by atoms with Gasteiger partial charge in [0.25, 0.3) is 0 Å². The lowest BCUT2D eigenvalue weighted by molar-refractivity contribution is 0.204. The molecule has 0 bridgehead atoms. The summed E-state index contributed by atoms with van der Waals surface area (Å²) in [5, 5.41) is 12.7. The van der Waals surface area contributed by atoms with Crippen molar-refractivity contribution in [1.29, 1.82) is 0 Å². The highest BCUT2D eigenvalue weighted by atomic mass is 79.9. The highest BCUT2D eigenvalue weighted by molar-refractivity contribution is 9.10. The summed E-state index contributed by atoms with van der Waals surface area (Å²) in [6.45, 7) is 3.38. The quantitative estimate of drug-likeness (QED) is 0.871. The number of hydrogen-bond donors (Lipinski definition) is 2. The molecule has 0 saturated heterocycles. The van der Waals surface area contributed by atoms with Crippen LogP contribution in [-0.2, 0) is 0 Å². The van der Waals surface area contributed by atoms with Gasteiger partial charge in [-0.1, -0.05) is 34.1 Å². The van der Waals surface area contributed by atoms with E-state index in [0.717, 1.165) is 23.9 Å². The Bertz CT molecular complexity index is 363. The Morgan fingerprint density at radius 1 is 1.44 bits per heavy atom. The standard InChI is InChI=1S/C13H18BrNO/c1-10(11-4-2-3-5-12(11)14)15-8-13(9-16)6-7-13/h2-5,10,15-16H,6-9H2,1H3. The van der Waals surface area contributed by atoms with Gasteiger partial charge in [-0.15, -0.1) is 0 Å². The number of halogens is 1. The van der Waals surface area contributed by atoms with Gasteiger partial charge < -0.3 is 10.4 Å². The van der Waals surface area contributed by atoms with Gasteiger partial charge in [0.05, 0.1) is 0 Å². The minimum atomic E-state index is 0.176. The summed E-state index contributed by atoms with van der Waals surface area (Å²) in [7, 11) is 0. The van der Waals surface area contributed by atoms with E-state index in [1.54, 1.807) is 0 Å². The fourth-order valence-corrected chi connectivity index (χ4v) is 2.50. The van der Waals surface area contributed by atoms with E-state index in [9.17, 15) is 5.11 Å². The van der Waals surface area contributed by atoms with E-state index in [2.05, 4.69) is 46.4 Å². The minimum absolute atomic E-state index is 0.176. The second kappa shape index (κ2) is 4.86. The summed E-state index contributed by atoms with van der Waals surface area (Å²) < 4.78 is 1.14. The maximum absolute atomic E-state index is 9.25. The first-order valence-corrected chi connectivity index (χ1v) is 6.55. The van der Waals surface area contributed by atoms with Crippen LogP contribution in [0.5, 0.6) is 0 Å². The van der Waals surface area contributed by atoms with E-state index in [1.165, 1.54) is 5.56 Å². The highest BCUT2D eigenvalue weighted by Crippen LogP contribution is 2.44. The van der Waals surface area contributed by atoms with Crippen molar-refractivity contribution in [3.63, 3.8) is 0 Å². The molecule has 0 spiro atoms. The van der Waals surface area contributed by atoms with E-state index >= 15 is 0 Å². The SMILES string of the molecule is CC(NCC1(CO)CC1)c1ccccc1Br. The molecule has 2 rings (SSSR count). The van der Waals surface area contributed by atoms with Crippen molar-refractivity contribution in [3.8, 4) is 0 Å². The average Bonchev–Trinajstić information content (AvgIpc) is 3.07. The normalized spacial score (nSPS) is 19.4. The van der Waals surface area contributed by atoms with E-state index in [4.69, 9.17) is 0 Å². The highest BCUT2D eigenvalue weighted by Gasteiger charge is 2.41. The van der Waals surface area contributed by atoms with Gasteiger partial charge in [-0.25, -0.2) is 0 Å². The first-order chi connectivity index (χ1) is 7.67. The zero-order chi connectivity index (χ0) is 11.6. The second-order valence-electron chi connectivity index (χ2n) is 4.78. The van der Waals surface area contributed by atoms with Crippen molar-refractivity contribution in [2.75, 3.05) is 13.2 Å². The monoisotopic (exact) mass is 283 g/mol. The van der Waals surface area contributed by atoms with E-state index in [0.29, 0.717) is 12.6 Å². The third kappa shape index (κ3) is 2.65. The summed E-state index contributed by atoms with van der Waals surface area (Å²) in [6, 6.07) is 8.58. The van der Waals surface area contributed by atoms with E-state index < -0.39 is 0 Å². The molecule has 1 aromatic rings. The maximum atomic E-state index is 9.25. The Morgan fingerprint density at radius 3 is 2.69 bits per heavy atom. The minimum Gasteiger partial charge on any atom is -0.396 e. The van der Waals surface area contributed by atoms with Gasteiger partial charge in [0.15, 0.2) is 0 Å². The van der Waals surface area contributed by atoms with Crippen molar-refractivity contribution in [2.24, 2.45) is 5.41 Å². The van der Waals surface area contributed by atoms with Crippen molar-refractivity contribution < 1.29 is 5.11 Å². The Hall–Kier alpha value is -0.380. The zero-order valence-corrected chi connectivity index (χ0v) is 11.1. The summed E-state index contributed by atoms with van der Waals surface area (Å²) in [6.07, 6.45) is 2.30. The van der Waals surface area contributed by atoms with Gasteiger partial charge in [0, 0.05) is 29.1 Å². The predicted molar refractivity (Wildman–Crippen MR) is 69.3 cm³/mol. The maximum Gasteiger partial charge on any atom is 0.0499 e. The van der Waals surface area contributed by atoms with Crippen LogP contribution in [0.15, 0.2) is 28.7 Å². The molecule has 16 heavy (non-hydrogen) atoms. The molecule has 1 aliphatic carbocycles. The molecule has 1 atom stereocenters. The van der Waals surface area contributed by atoms with Crippen LogP contribution in [0.4, 0.5) is 0 Å². The van der Waals surface area contributed by atoms with Crippen molar-refractivity contribution in [1.82, 2.24) is 5.32 Å². The number of aliphatic hydroxyl groups excluding tert-OH is 1. The van der Waals surface area contributed by atoms with Crippen LogP contribution in [-0.4, -0.2) is 18.3 Å². The zero-order valence-electron chi connectivity index (χ0n) is 9.54. The van der Waals surface area contributed by atoms with Gasteiger partial charge in [0.1, 0.15) is 0 Å². The van der Waals surface area contributed by atoms with Crippen LogP contribution in [0, 0.1) is 5.41 Å². The number of rotatable bonds is 5. The molecule has 0 heterocycles. The molecule has 1 fully saturated rings. The lowest BCUT2D eigenvalue weighted by atomic mass is 10.1. The molecule has 1 aromatic carbocycles. The Morgan fingerprint density at radius 2 is 2.12 bits per heavy atom. The van der Waals surface area contributed by atoms with Crippen LogP contribution in [0.3, 0.4) is 0 Å². The van der Waals surface area contributed by atoms with Gasteiger partial charge in [-0.3, -0.25) is 0 Å². The third-order valence-corrected chi connectivity index (χ3v) is 4.17. The molecule has 0 radical (unpaired) electrons. The van der Waals surface area contributed by atoms with Crippen LogP contribution >= 0.6 is 15.9 Å². The van der Waals surface area contributed by atoms with Gasteiger partial charge in [-0.2, -0.15) is 0 Å². The van der Waals surface area contributed by atoms with E-state index in [-0.39, 0.29) is 5.41 Å². The second-order valence-corrected chi connectivity index (χ2v) is 5.64. The van der Waals surface area contributed by atoms with Crippen molar-refractivity contribution >= 4 is 15.9 Å². The summed E-state index contributed by atoms with van der Waals surface area (Å²) in [4.78, 5) is 0. The van der Waals surface area contributed by atoms with Crippen LogP contribution in [0.25, 0.3) is 0 Å². The smallest absolute Gasteiger partial charge is 0.0499 e. The molecular weight excluding hydrogens is 266 g/mol. The average molecular weight is 284 g/mol. The van der Waals surface area contributed by atoms with Gasteiger partial charge in [-0.05, 0) is 31.4 Å². The molecule has 3 heteroatoms.